The number of rotatable bonds is 3. The lowest BCUT2D eigenvalue weighted by Gasteiger charge is -2.02. The minimum atomic E-state index is 0.803. The van der Waals surface area contributed by atoms with E-state index in [0.29, 0.717) is 0 Å². The number of nitrogens with one attached hydrogen (secondary N) is 1. The van der Waals surface area contributed by atoms with Gasteiger partial charge in [0.1, 0.15) is 0 Å². The molecule has 60 valence electrons. The lowest BCUT2D eigenvalue weighted by atomic mass is 10.3. The Morgan fingerprint density at radius 1 is 1.36 bits per heavy atom. The number of benzene rings is 1. The minimum Gasteiger partial charge on any atom is -0.399 e. The third-order valence-corrected chi connectivity index (χ3v) is 1.91. The highest BCUT2D eigenvalue weighted by atomic mass is 32.2. The first-order chi connectivity index (χ1) is 5.33. The Bertz CT molecular complexity index is 208. The highest BCUT2D eigenvalue weighted by molar-refractivity contribution is 8.00. The molecule has 2 nitrogen and oxygen atoms in total. The van der Waals surface area contributed by atoms with Crippen molar-refractivity contribution in [3.8, 4) is 0 Å². The standard InChI is InChI=1S/C8H12N2S/c1-2-11-10-8-5-3-7(9)4-6-8/h3-6,10H,2,9H2,1H3. The van der Waals surface area contributed by atoms with Crippen LogP contribution in [0.2, 0.25) is 0 Å². The van der Waals surface area contributed by atoms with E-state index in [2.05, 4.69) is 11.6 Å². The molecule has 0 aromatic heterocycles. The quantitative estimate of drug-likeness (QED) is 0.537. The second-order valence-electron chi connectivity index (χ2n) is 2.16. The van der Waals surface area contributed by atoms with Gasteiger partial charge in [0.05, 0.1) is 0 Å². The Morgan fingerprint density at radius 3 is 2.55 bits per heavy atom. The molecule has 0 heterocycles. The number of hydrogen-bond donors (Lipinski definition) is 2. The van der Waals surface area contributed by atoms with Gasteiger partial charge in [-0.25, -0.2) is 0 Å². The second-order valence-corrected chi connectivity index (χ2v) is 3.23. The number of nitrogen functional groups attached to an aromatic ring is 1. The van der Waals surface area contributed by atoms with Crippen molar-refractivity contribution in [2.24, 2.45) is 0 Å². The molecule has 0 spiro atoms. The van der Waals surface area contributed by atoms with Gasteiger partial charge in [-0.3, -0.25) is 0 Å². The molecule has 0 aliphatic carbocycles. The van der Waals surface area contributed by atoms with Gasteiger partial charge in [0.2, 0.25) is 0 Å². The third kappa shape index (κ3) is 2.72. The fourth-order valence-electron chi connectivity index (χ4n) is 0.707. The molecule has 0 atom stereocenters. The molecule has 1 rings (SSSR count). The molecule has 3 heteroatoms. The Morgan fingerprint density at radius 2 is 2.00 bits per heavy atom. The Balaban J connectivity index is 2.52. The first-order valence-electron chi connectivity index (χ1n) is 3.56. The van der Waals surface area contributed by atoms with Gasteiger partial charge in [-0.2, -0.15) is 0 Å². The molecule has 0 radical (unpaired) electrons. The fourth-order valence-corrected chi connectivity index (χ4v) is 1.15. The van der Waals surface area contributed by atoms with Crippen molar-refractivity contribution in [3.05, 3.63) is 24.3 Å². The van der Waals surface area contributed by atoms with Crippen LogP contribution >= 0.6 is 11.9 Å². The summed E-state index contributed by atoms with van der Waals surface area (Å²) in [6.07, 6.45) is 0. The molecular weight excluding hydrogens is 156 g/mol. The van der Waals surface area contributed by atoms with Crippen LogP contribution in [0.3, 0.4) is 0 Å². The Kier molecular flexibility index (Phi) is 3.11. The van der Waals surface area contributed by atoms with E-state index in [1.165, 1.54) is 0 Å². The van der Waals surface area contributed by atoms with Gasteiger partial charge in [-0.05, 0) is 24.3 Å². The average Bonchev–Trinajstić information content (AvgIpc) is 2.04. The van der Waals surface area contributed by atoms with Crippen molar-refractivity contribution >= 4 is 23.3 Å². The summed E-state index contributed by atoms with van der Waals surface area (Å²) < 4.78 is 3.18. The molecular formula is C8H12N2S. The summed E-state index contributed by atoms with van der Waals surface area (Å²) >= 11 is 1.68. The zero-order valence-electron chi connectivity index (χ0n) is 6.50. The van der Waals surface area contributed by atoms with Crippen molar-refractivity contribution in [1.82, 2.24) is 0 Å². The maximum atomic E-state index is 5.52. The van der Waals surface area contributed by atoms with Gasteiger partial charge in [-0.1, -0.05) is 18.9 Å². The zero-order valence-corrected chi connectivity index (χ0v) is 7.32. The molecule has 1 aromatic rings. The van der Waals surface area contributed by atoms with E-state index >= 15 is 0 Å². The summed E-state index contributed by atoms with van der Waals surface area (Å²) in [6.45, 7) is 2.11. The van der Waals surface area contributed by atoms with E-state index in [0.717, 1.165) is 17.1 Å². The Hall–Kier alpha value is -0.830. The summed E-state index contributed by atoms with van der Waals surface area (Å²) in [6, 6.07) is 7.72. The predicted molar refractivity (Wildman–Crippen MR) is 52.6 cm³/mol. The van der Waals surface area contributed by atoms with Crippen molar-refractivity contribution in [2.45, 2.75) is 6.92 Å². The first kappa shape index (κ1) is 8.27. The second kappa shape index (κ2) is 4.13. The van der Waals surface area contributed by atoms with Crippen LogP contribution in [-0.2, 0) is 0 Å². The van der Waals surface area contributed by atoms with Gasteiger partial charge >= 0.3 is 0 Å². The number of hydrogen-bond acceptors (Lipinski definition) is 3. The number of anilines is 2. The fraction of sp³-hybridized carbons (Fsp3) is 0.250. The molecule has 0 saturated carbocycles. The predicted octanol–water partition coefficient (Wildman–Crippen LogP) is 2.35. The van der Waals surface area contributed by atoms with Gasteiger partial charge in [-0.15, -0.1) is 0 Å². The van der Waals surface area contributed by atoms with E-state index in [4.69, 9.17) is 5.73 Å². The Labute approximate surface area is 71.3 Å². The van der Waals surface area contributed by atoms with Crippen LogP contribution in [-0.4, -0.2) is 5.75 Å². The number of nitrogens with two attached hydrogens (primary N) is 1. The van der Waals surface area contributed by atoms with E-state index < -0.39 is 0 Å². The van der Waals surface area contributed by atoms with Crippen molar-refractivity contribution in [2.75, 3.05) is 16.2 Å². The van der Waals surface area contributed by atoms with Gasteiger partial charge in [0.25, 0.3) is 0 Å². The van der Waals surface area contributed by atoms with Crippen LogP contribution in [0, 0.1) is 0 Å². The topological polar surface area (TPSA) is 38.0 Å². The summed E-state index contributed by atoms with van der Waals surface area (Å²) in [4.78, 5) is 0. The zero-order chi connectivity index (χ0) is 8.10. The maximum Gasteiger partial charge on any atom is 0.0441 e. The summed E-state index contributed by atoms with van der Waals surface area (Å²) in [5.41, 5.74) is 7.43. The van der Waals surface area contributed by atoms with Crippen molar-refractivity contribution in [3.63, 3.8) is 0 Å². The van der Waals surface area contributed by atoms with E-state index in [-0.39, 0.29) is 0 Å². The average molecular weight is 168 g/mol. The van der Waals surface area contributed by atoms with E-state index in [1.54, 1.807) is 11.9 Å². The third-order valence-electron chi connectivity index (χ3n) is 1.25. The molecule has 0 unspecified atom stereocenters. The molecule has 0 fully saturated rings. The molecule has 3 N–H and O–H groups in total. The summed E-state index contributed by atoms with van der Waals surface area (Å²) in [5.74, 6) is 1.06. The largest absolute Gasteiger partial charge is 0.399 e. The first-order valence-corrected chi connectivity index (χ1v) is 4.55. The molecule has 0 amide bonds. The molecule has 0 saturated heterocycles. The summed E-state index contributed by atoms with van der Waals surface area (Å²) in [5, 5.41) is 0. The molecule has 0 aliphatic rings. The highest BCUT2D eigenvalue weighted by Gasteiger charge is 1.88. The normalized spacial score (nSPS) is 9.55. The van der Waals surface area contributed by atoms with Gasteiger partial charge in [0.15, 0.2) is 0 Å². The lowest BCUT2D eigenvalue weighted by molar-refractivity contribution is 1.52. The summed E-state index contributed by atoms with van der Waals surface area (Å²) in [7, 11) is 0. The van der Waals surface area contributed by atoms with Crippen LogP contribution in [0.25, 0.3) is 0 Å². The minimum absolute atomic E-state index is 0.803. The smallest absolute Gasteiger partial charge is 0.0441 e. The van der Waals surface area contributed by atoms with Gasteiger partial charge in [0, 0.05) is 17.1 Å². The van der Waals surface area contributed by atoms with Crippen LogP contribution < -0.4 is 10.5 Å². The SMILES string of the molecule is CCSNc1ccc(N)cc1. The van der Waals surface area contributed by atoms with Gasteiger partial charge < -0.3 is 10.5 Å². The molecule has 0 bridgehead atoms. The van der Waals surface area contributed by atoms with Crippen LogP contribution in [0.5, 0.6) is 0 Å². The molecule has 1 aromatic carbocycles. The lowest BCUT2D eigenvalue weighted by Crippen LogP contribution is -1.88. The van der Waals surface area contributed by atoms with Crippen LogP contribution in [0.1, 0.15) is 6.92 Å². The van der Waals surface area contributed by atoms with Crippen molar-refractivity contribution < 1.29 is 0 Å². The van der Waals surface area contributed by atoms with Crippen LogP contribution in [0.15, 0.2) is 24.3 Å². The molecule has 0 aliphatic heterocycles. The van der Waals surface area contributed by atoms with Crippen molar-refractivity contribution in [1.29, 1.82) is 0 Å². The monoisotopic (exact) mass is 168 g/mol. The van der Waals surface area contributed by atoms with E-state index in [9.17, 15) is 0 Å². The maximum absolute atomic E-state index is 5.52. The van der Waals surface area contributed by atoms with Crippen LogP contribution in [0.4, 0.5) is 11.4 Å². The highest BCUT2D eigenvalue weighted by Crippen LogP contribution is 2.13. The van der Waals surface area contributed by atoms with E-state index in [1.807, 2.05) is 24.3 Å². The molecule has 11 heavy (non-hydrogen) atoms.